The van der Waals surface area contributed by atoms with Gasteiger partial charge in [-0.05, 0) is 64.7 Å². The van der Waals surface area contributed by atoms with Gasteiger partial charge in [0.2, 0.25) is 0 Å². The maximum Gasteiger partial charge on any atom is 0.410 e. The molecule has 2 heterocycles. The van der Waals surface area contributed by atoms with Gasteiger partial charge in [0.15, 0.2) is 11.5 Å². The van der Waals surface area contributed by atoms with E-state index in [0.717, 1.165) is 38.0 Å². The molecule has 1 N–H and O–H groups in total. The summed E-state index contributed by atoms with van der Waals surface area (Å²) in [7, 11) is 4.99. The predicted octanol–water partition coefficient (Wildman–Crippen LogP) is 3.46. The number of hydrogen-bond acceptors (Lipinski definition) is 8. The van der Waals surface area contributed by atoms with E-state index in [1.54, 1.807) is 33.1 Å². The molecule has 1 aromatic rings. The number of methoxy groups -OCH3 is 2. The number of nitrogens with zero attached hydrogens (tertiary/aromatic N) is 2. The molecule has 0 bridgehead atoms. The van der Waals surface area contributed by atoms with Crippen molar-refractivity contribution in [1.82, 2.24) is 9.80 Å². The molecule has 204 valence electrons. The number of carbonyl (C=O) groups is 1. The van der Waals surface area contributed by atoms with Gasteiger partial charge in [-0.1, -0.05) is 6.07 Å². The Kier molecular flexibility index (Phi) is 9.14. The molecule has 2 aliphatic heterocycles. The Balaban J connectivity index is 1.62. The third kappa shape index (κ3) is 7.25. The van der Waals surface area contributed by atoms with Crippen LogP contribution >= 0.6 is 0 Å². The standard InChI is InChI=1S/C27H44N2O7/c1-25(2,3)36-24(30)28(5)23-17-27(35-19-26(23,4)31)10-12-29(13-11-27)18-20-8-9-21(33-7)22(16-20)34-15-14-32-6/h8-9,16,23,31H,10-15,17-19H2,1-7H3/t23-,26-/m0/s1. The lowest BCUT2D eigenvalue weighted by Gasteiger charge is -2.52. The molecule has 0 unspecified atom stereocenters. The molecule has 1 aromatic carbocycles. The molecular formula is C27H44N2O7. The van der Waals surface area contributed by atoms with Crippen molar-refractivity contribution in [2.45, 2.75) is 76.3 Å². The zero-order chi connectivity index (χ0) is 26.6. The Labute approximate surface area is 215 Å². The highest BCUT2D eigenvalue weighted by Crippen LogP contribution is 2.41. The molecule has 9 heteroatoms. The summed E-state index contributed by atoms with van der Waals surface area (Å²) in [5.74, 6) is 1.42. The molecule has 1 amide bonds. The predicted molar refractivity (Wildman–Crippen MR) is 137 cm³/mol. The number of rotatable bonds is 8. The molecule has 0 saturated carbocycles. The van der Waals surface area contributed by atoms with Crippen LogP contribution < -0.4 is 9.47 Å². The third-order valence-corrected chi connectivity index (χ3v) is 7.05. The van der Waals surface area contributed by atoms with Crippen LogP contribution in [-0.4, -0.2) is 98.0 Å². The minimum Gasteiger partial charge on any atom is -0.493 e. The average Bonchev–Trinajstić information content (AvgIpc) is 2.81. The lowest BCUT2D eigenvalue weighted by atomic mass is 9.77. The van der Waals surface area contributed by atoms with Crippen LogP contribution in [0.4, 0.5) is 4.79 Å². The summed E-state index contributed by atoms with van der Waals surface area (Å²) >= 11 is 0. The normalized spacial score (nSPS) is 24.4. The van der Waals surface area contributed by atoms with E-state index in [1.807, 2.05) is 32.9 Å². The van der Waals surface area contributed by atoms with Crippen molar-refractivity contribution in [2.75, 3.05) is 54.2 Å². The van der Waals surface area contributed by atoms with E-state index in [0.29, 0.717) is 31.1 Å². The average molecular weight is 509 g/mol. The number of amides is 1. The molecule has 0 aromatic heterocycles. The van der Waals surface area contributed by atoms with Gasteiger partial charge in [0.25, 0.3) is 0 Å². The Morgan fingerprint density at radius 3 is 2.50 bits per heavy atom. The molecule has 2 saturated heterocycles. The summed E-state index contributed by atoms with van der Waals surface area (Å²) in [6.45, 7) is 10.9. The molecule has 2 fully saturated rings. The van der Waals surface area contributed by atoms with Crippen molar-refractivity contribution in [2.24, 2.45) is 0 Å². The molecule has 9 nitrogen and oxygen atoms in total. The van der Waals surface area contributed by atoms with Crippen LogP contribution in [0.3, 0.4) is 0 Å². The SMILES string of the molecule is COCCOc1cc(CN2CCC3(CC2)C[C@H](N(C)C(=O)OC(C)(C)C)[C@@](C)(O)CO3)ccc1OC. The molecule has 2 aliphatic rings. The quantitative estimate of drug-likeness (QED) is 0.534. The number of ether oxygens (including phenoxy) is 5. The lowest BCUT2D eigenvalue weighted by molar-refractivity contribution is -0.206. The van der Waals surface area contributed by atoms with Gasteiger partial charge >= 0.3 is 6.09 Å². The van der Waals surface area contributed by atoms with Crippen molar-refractivity contribution in [3.05, 3.63) is 23.8 Å². The Hall–Kier alpha value is -2.07. The number of aliphatic hydroxyl groups is 1. The second-order valence-electron chi connectivity index (χ2n) is 11.2. The van der Waals surface area contributed by atoms with Gasteiger partial charge < -0.3 is 33.7 Å². The summed E-state index contributed by atoms with van der Waals surface area (Å²) in [5.41, 5.74) is -0.958. The summed E-state index contributed by atoms with van der Waals surface area (Å²) < 4.78 is 28.2. The highest BCUT2D eigenvalue weighted by Gasteiger charge is 2.51. The van der Waals surface area contributed by atoms with Gasteiger partial charge in [-0.3, -0.25) is 4.90 Å². The molecule has 0 radical (unpaired) electrons. The minimum absolute atomic E-state index is 0.186. The van der Waals surface area contributed by atoms with Crippen LogP contribution in [0.25, 0.3) is 0 Å². The van der Waals surface area contributed by atoms with Gasteiger partial charge in [0.1, 0.15) is 17.8 Å². The Morgan fingerprint density at radius 2 is 1.89 bits per heavy atom. The van der Waals surface area contributed by atoms with Gasteiger partial charge in [-0.2, -0.15) is 0 Å². The smallest absolute Gasteiger partial charge is 0.410 e. The van der Waals surface area contributed by atoms with Gasteiger partial charge in [0.05, 0.1) is 32.0 Å². The zero-order valence-corrected chi connectivity index (χ0v) is 23.0. The fraction of sp³-hybridized carbons (Fsp3) is 0.741. The van der Waals surface area contributed by atoms with E-state index in [4.69, 9.17) is 23.7 Å². The van der Waals surface area contributed by atoms with E-state index >= 15 is 0 Å². The van der Waals surface area contributed by atoms with E-state index in [2.05, 4.69) is 11.0 Å². The van der Waals surface area contributed by atoms with Crippen LogP contribution in [0.2, 0.25) is 0 Å². The van der Waals surface area contributed by atoms with Crippen molar-refractivity contribution >= 4 is 6.09 Å². The first-order chi connectivity index (χ1) is 16.9. The summed E-state index contributed by atoms with van der Waals surface area (Å²) in [6.07, 6.45) is 1.80. The minimum atomic E-state index is -1.14. The monoisotopic (exact) mass is 508 g/mol. The highest BCUT2D eigenvalue weighted by atomic mass is 16.6. The first kappa shape index (κ1) is 28.5. The summed E-state index contributed by atoms with van der Waals surface area (Å²) in [5, 5.41) is 11.0. The van der Waals surface area contributed by atoms with Crippen molar-refractivity contribution in [1.29, 1.82) is 0 Å². The lowest BCUT2D eigenvalue weighted by Crippen LogP contribution is -2.64. The fourth-order valence-electron chi connectivity index (χ4n) is 4.93. The number of benzene rings is 1. The third-order valence-electron chi connectivity index (χ3n) is 7.05. The van der Waals surface area contributed by atoms with E-state index in [1.165, 1.54) is 0 Å². The molecule has 3 rings (SSSR count). The number of hydrogen-bond donors (Lipinski definition) is 1. The Bertz CT molecular complexity index is 875. The van der Waals surface area contributed by atoms with E-state index < -0.39 is 17.3 Å². The van der Waals surface area contributed by atoms with Crippen molar-refractivity contribution < 1.29 is 33.6 Å². The van der Waals surface area contributed by atoms with Gasteiger partial charge in [0, 0.05) is 33.8 Å². The van der Waals surface area contributed by atoms with Crippen molar-refractivity contribution in [3.63, 3.8) is 0 Å². The fourth-order valence-corrected chi connectivity index (χ4v) is 4.93. The van der Waals surface area contributed by atoms with E-state index in [-0.39, 0.29) is 18.2 Å². The van der Waals surface area contributed by atoms with Crippen LogP contribution in [0.1, 0.15) is 52.5 Å². The second kappa shape index (κ2) is 11.5. The number of likely N-dealkylation sites (N-methyl/N-ethyl adjacent to an activating group) is 1. The maximum absolute atomic E-state index is 12.7. The number of piperidine rings is 1. The largest absolute Gasteiger partial charge is 0.493 e. The highest BCUT2D eigenvalue weighted by molar-refractivity contribution is 5.68. The second-order valence-corrected chi connectivity index (χ2v) is 11.2. The zero-order valence-electron chi connectivity index (χ0n) is 23.0. The van der Waals surface area contributed by atoms with Crippen LogP contribution in [0.5, 0.6) is 11.5 Å². The first-order valence-corrected chi connectivity index (χ1v) is 12.7. The van der Waals surface area contributed by atoms with Gasteiger partial charge in [-0.15, -0.1) is 0 Å². The number of likely N-dealkylation sites (tertiary alicyclic amines) is 1. The molecule has 0 aliphatic carbocycles. The van der Waals surface area contributed by atoms with Gasteiger partial charge in [-0.25, -0.2) is 4.79 Å². The topological polar surface area (TPSA) is 89.9 Å². The van der Waals surface area contributed by atoms with Crippen molar-refractivity contribution in [3.8, 4) is 11.5 Å². The van der Waals surface area contributed by atoms with Crippen LogP contribution in [0.15, 0.2) is 18.2 Å². The maximum atomic E-state index is 12.7. The summed E-state index contributed by atoms with van der Waals surface area (Å²) in [4.78, 5) is 16.7. The number of carbonyl (C=O) groups excluding carboxylic acids is 1. The molecule has 2 atom stereocenters. The molecular weight excluding hydrogens is 464 g/mol. The first-order valence-electron chi connectivity index (χ1n) is 12.7. The molecule has 36 heavy (non-hydrogen) atoms. The molecule has 1 spiro atoms. The van der Waals surface area contributed by atoms with Crippen LogP contribution in [0, 0.1) is 0 Å². The van der Waals surface area contributed by atoms with Crippen LogP contribution in [-0.2, 0) is 20.8 Å². The Morgan fingerprint density at radius 1 is 1.19 bits per heavy atom. The summed E-state index contributed by atoms with van der Waals surface area (Å²) in [6, 6.07) is 5.64. The van der Waals surface area contributed by atoms with E-state index in [9.17, 15) is 9.90 Å².